The van der Waals surface area contributed by atoms with Gasteiger partial charge in [0.25, 0.3) is 0 Å². The molecule has 0 aliphatic heterocycles. The lowest BCUT2D eigenvalue weighted by atomic mass is 10.0. The number of fused-ring (bicyclic) bond motifs is 1. The van der Waals surface area contributed by atoms with Gasteiger partial charge < -0.3 is 25.4 Å². The Morgan fingerprint density at radius 3 is 2.08 bits per heavy atom. The third kappa shape index (κ3) is 4.62. The number of hydrogen-bond acceptors (Lipinski definition) is 5. The molecule has 0 atom stereocenters. The first kappa shape index (κ1) is 24.8. The molecule has 0 bridgehead atoms. The van der Waals surface area contributed by atoms with Gasteiger partial charge in [0.1, 0.15) is 11.3 Å². The highest BCUT2D eigenvalue weighted by Gasteiger charge is 2.20. The average Bonchev–Trinajstić information content (AvgIpc) is 3.51. The highest BCUT2D eigenvalue weighted by atomic mass is 32.1. The van der Waals surface area contributed by atoms with Crippen LogP contribution in [0.2, 0.25) is 0 Å². The number of amides is 2. The van der Waals surface area contributed by atoms with Crippen molar-refractivity contribution in [3.8, 4) is 28.1 Å². The Labute approximate surface area is 221 Å². The number of aryl methyl sites for hydroxylation is 2. The Balaban J connectivity index is 1.38. The third-order valence-electron chi connectivity index (χ3n) is 6.38. The molecule has 5 aromatic rings. The largest absolute Gasteiger partial charge is 0.507 e. The van der Waals surface area contributed by atoms with Crippen LogP contribution in [0.3, 0.4) is 0 Å². The number of nitrogens with one attached hydrogen (secondary N) is 2. The van der Waals surface area contributed by atoms with E-state index in [-0.39, 0.29) is 11.3 Å². The Bertz CT molecular complexity index is 1720. The van der Waals surface area contributed by atoms with Crippen molar-refractivity contribution in [1.82, 2.24) is 4.57 Å². The van der Waals surface area contributed by atoms with Crippen LogP contribution in [-0.2, 0) is 16.6 Å². The van der Waals surface area contributed by atoms with Gasteiger partial charge in [0.15, 0.2) is 0 Å². The Hall–Kier alpha value is -4.89. The zero-order chi connectivity index (χ0) is 27.0. The van der Waals surface area contributed by atoms with Crippen molar-refractivity contribution in [2.45, 2.75) is 6.92 Å². The molecule has 0 saturated heterocycles. The van der Waals surface area contributed by atoms with E-state index in [1.807, 2.05) is 59.6 Å². The summed E-state index contributed by atoms with van der Waals surface area (Å²) < 4.78 is 1.85. The number of aromatic carboxylic acids is 1. The maximum atomic E-state index is 12.7. The standard InChI is InChI=1S/C29H23N3O5S/c1-16-22-13-23(29(36)37)25(33)14-24(22)32(2)26(16)18-6-4-8-21(12-18)31-28(35)27(34)30-20-7-3-5-17(11-20)19-9-10-38-15-19/h3-15,33H,1-2H3,(H,30,34)(H,31,35)(H,36,37). The lowest BCUT2D eigenvalue weighted by molar-refractivity contribution is -0.132. The molecule has 0 spiro atoms. The van der Waals surface area contributed by atoms with Crippen molar-refractivity contribution in [1.29, 1.82) is 0 Å². The number of aromatic nitrogens is 1. The van der Waals surface area contributed by atoms with Gasteiger partial charge in [-0.25, -0.2) is 4.79 Å². The van der Waals surface area contributed by atoms with E-state index in [4.69, 9.17) is 0 Å². The van der Waals surface area contributed by atoms with Crippen molar-refractivity contribution in [2.24, 2.45) is 7.05 Å². The lowest BCUT2D eigenvalue weighted by Gasteiger charge is -2.10. The summed E-state index contributed by atoms with van der Waals surface area (Å²) in [7, 11) is 1.81. The fourth-order valence-electron chi connectivity index (χ4n) is 4.56. The first-order chi connectivity index (χ1) is 18.2. The number of rotatable bonds is 5. The van der Waals surface area contributed by atoms with Crippen molar-refractivity contribution >= 4 is 51.4 Å². The van der Waals surface area contributed by atoms with Gasteiger partial charge in [-0.05, 0) is 70.8 Å². The molecule has 5 rings (SSSR count). The molecule has 0 fully saturated rings. The van der Waals surface area contributed by atoms with Crippen molar-refractivity contribution in [3.05, 3.63) is 88.6 Å². The van der Waals surface area contributed by atoms with Gasteiger partial charge in [-0.2, -0.15) is 11.3 Å². The number of hydrogen-bond donors (Lipinski definition) is 4. The van der Waals surface area contributed by atoms with E-state index in [9.17, 15) is 24.6 Å². The van der Waals surface area contributed by atoms with Crippen LogP contribution in [0.1, 0.15) is 15.9 Å². The number of carboxylic acid groups (broad SMARTS) is 1. The van der Waals surface area contributed by atoms with E-state index < -0.39 is 17.8 Å². The van der Waals surface area contributed by atoms with Crippen molar-refractivity contribution in [2.75, 3.05) is 10.6 Å². The molecule has 0 aliphatic carbocycles. The second kappa shape index (κ2) is 9.87. The molecule has 9 heteroatoms. The summed E-state index contributed by atoms with van der Waals surface area (Å²) in [6, 6.07) is 19.2. The summed E-state index contributed by atoms with van der Waals surface area (Å²) in [5.74, 6) is -3.14. The summed E-state index contributed by atoms with van der Waals surface area (Å²) >= 11 is 1.58. The minimum atomic E-state index is -1.21. The number of thiophene rings is 1. The summed E-state index contributed by atoms with van der Waals surface area (Å²) in [6.45, 7) is 1.86. The van der Waals surface area contributed by atoms with Gasteiger partial charge in [0.2, 0.25) is 0 Å². The number of carbonyl (C=O) groups is 3. The van der Waals surface area contributed by atoms with Crippen LogP contribution >= 0.6 is 11.3 Å². The Kier molecular flexibility index (Phi) is 6.44. The first-order valence-electron chi connectivity index (χ1n) is 11.6. The lowest BCUT2D eigenvalue weighted by Crippen LogP contribution is -2.29. The number of carbonyl (C=O) groups excluding carboxylic acids is 2. The van der Waals surface area contributed by atoms with Gasteiger partial charge in [0, 0.05) is 35.4 Å². The predicted octanol–water partition coefficient (Wildman–Crippen LogP) is 5.86. The average molecular weight is 526 g/mol. The maximum Gasteiger partial charge on any atom is 0.339 e. The van der Waals surface area contributed by atoms with E-state index in [1.165, 1.54) is 12.1 Å². The minimum absolute atomic E-state index is 0.175. The van der Waals surface area contributed by atoms with Crippen LogP contribution in [0.25, 0.3) is 33.3 Å². The Morgan fingerprint density at radius 2 is 1.47 bits per heavy atom. The van der Waals surface area contributed by atoms with E-state index in [1.54, 1.807) is 35.6 Å². The van der Waals surface area contributed by atoms with E-state index in [2.05, 4.69) is 10.6 Å². The number of aromatic hydroxyl groups is 1. The van der Waals surface area contributed by atoms with Gasteiger partial charge >= 0.3 is 17.8 Å². The second-order valence-electron chi connectivity index (χ2n) is 8.81. The van der Waals surface area contributed by atoms with Crippen LogP contribution in [0.15, 0.2) is 77.5 Å². The summed E-state index contributed by atoms with van der Waals surface area (Å²) in [5, 5.41) is 29.5. The molecule has 190 valence electrons. The molecular formula is C29H23N3O5S. The SMILES string of the molecule is Cc1c(-c2cccc(NC(=O)C(=O)Nc3cccc(-c4ccsc4)c3)c2)n(C)c2cc(O)c(C(=O)O)cc12. The van der Waals surface area contributed by atoms with Gasteiger partial charge in [0.05, 0.1) is 11.2 Å². The maximum absolute atomic E-state index is 12.7. The molecule has 2 heterocycles. The third-order valence-corrected chi connectivity index (χ3v) is 7.06. The van der Waals surface area contributed by atoms with E-state index in [0.717, 1.165) is 27.9 Å². The monoisotopic (exact) mass is 525 g/mol. The van der Waals surface area contributed by atoms with Gasteiger partial charge in [-0.1, -0.05) is 24.3 Å². The van der Waals surface area contributed by atoms with Crippen molar-refractivity contribution in [3.63, 3.8) is 0 Å². The zero-order valence-corrected chi connectivity index (χ0v) is 21.3. The van der Waals surface area contributed by atoms with Crippen LogP contribution in [0, 0.1) is 6.92 Å². The van der Waals surface area contributed by atoms with Crippen LogP contribution in [0.4, 0.5) is 11.4 Å². The predicted molar refractivity (Wildman–Crippen MR) is 149 cm³/mol. The van der Waals surface area contributed by atoms with Crippen LogP contribution in [-0.4, -0.2) is 32.6 Å². The second-order valence-corrected chi connectivity index (χ2v) is 9.59. The van der Waals surface area contributed by atoms with Crippen molar-refractivity contribution < 1.29 is 24.6 Å². The molecular weight excluding hydrogens is 502 g/mol. The number of benzene rings is 3. The fraction of sp³-hybridized carbons (Fsp3) is 0.0690. The normalized spacial score (nSPS) is 10.9. The molecule has 0 saturated carbocycles. The highest BCUT2D eigenvalue weighted by molar-refractivity contribution is 7.08. The minimum Gasteiger partial charge on any atom is -0.507 e. The van der Waals surface area contributed by atoms with Gasteiger partial charge in [-0.15, -0.1) is 0 Å². The quantitative estimate of drug-likeness (QED) is 0.214. The fourth-order valence-corrected chi connectivity index (χ4v) is 5.23. The van der Waals surface area contributed by atoms with E-state index >= 15 is 0 Å². The summed E-state index contributed by atoms with van der Waals surface area (Å²) in [6.07, 6.45) is 0. The smallest absolute Gasteiger partial charge is 0.339 e. The molecule has 4 N–H and O–H groups in total. The Morgan fingerprint density at radius 1 is 0.842 bits per heavy atom. The highest BCUT2D eigenvalue weighted by Crippen LogP contribution is 2.36. The molecule has 0 radical (unpaired) electrons. The molecule has 3 aromatic carbocycles. The van der Waals surface area contributed by atoms with Gasteiger partial charge in [-0.3, -0.25) is 9.59 Å². The van der Waals surface area contributed by atoms with E-state index in [0.29, 0.717) is 22.3 Å². The zero-order valence-electron chi connectivity index (χ0n) is 20.5. The molecule has 2 amide bonds. The number of carboxylic acids is 1. The molecule has 0 unspecified atom stereocenters. The number of anilines is 2. The summed E-state index contributed by atoms with van der Waals surface area (Å²) in [4.78, 5) is 36.8. The molecule has 8 nitrogen and oxygen atoms in total. The number of nitrogens with zero attached hydrogens (tertiary/aromatic N) is 1. The molecule has 38 heavy (non-hydrogen) atoms. The molecule has 2 aromatic heterocycles. The first-order valence-corrected chi connectivity index (χ1v) is 12.6. The van der Waals surface area contributed by atoms with Crippen LogP contribution < -0.4 is 10.6 Å². The van der Waals surface area contributed by atoms with Crippen LogP contribution in [0.5, 0.6) is 5.75 Å². The summed E-state index contributed by atoms with van der Waals surface area (Å²) in [5.41, 5.74) is 5.75. The molecule has 0 aliphatic rings. The number of phenols is 1. The topological polar surface area (TPSA) is 121 Å².